The Kier molecular flexibility index (Phi) is 7.82. The maximum atomic E-state index is 12.8. The largest absolute Gasteiger partial charge is 0.303 e. The van der Waals surface area contributed by atoms with E-state index in [2.05, 4.69) is 36.5 Å². The average molecular weight is 443 g/mol. The second-order valence-corrected chi connectivity index (χ2v) is 11.1. The zero-order valence-electron chi connectivity index (χ0n) is 19.5. The van der Waals surface area contributed by atoms with Gasteiger partial charge in [-0.15, -0.1) is 0 Å². The predicted molar refractivity (Wildman–Crippen MR) is 130 cm³/mol. The van der Waals surface area contributed by atoms with E-state index in [1.54, 1.807) is 12.1 Å². The number of nitrogens with one attached hydrogen (secondary N) is 1. The van der Waals surface area contributed by atoms with Gasteiger partial charge in [0.2, 0.25) is 0 Å². The molecule has 1 fully saturated rings. The van der Waals surface area contributed by atoms with E-state index in [9.17, 15) is 8.42 Å². The van der Waals surface area contributed by atoms with Crippen LogP contribution in [0.25, 0.3) is 0 Å². The van der Waals surface area contributed by atoms with Crippen molar-refractivity contribution in [3.8, 4) is 0 Å². The van der Waals surface area contributed by atoms with Crippen LogP contribution in [0.1, 0.15) is 64.0 Å². The summed E-state index contributed by atoms with van der Waals surface area (Å²) < 4.78 is 28.4. The predicted octanol–water partition coefficient (Wildman–Crippen LogP) is 5.98. The zero-order valence-corrected chi connectivity index (χ0v) is 20.3. The molecule has 1 heterocycles. The smallest absolute Gasteiger partial charge is 0.261 e. The molecule has 3 rings (SSSR count). The van der Waals surface area contributed by atoms with E-state index in [-0.39, 0.29) is 5.41 Å². The molecule has 31 heavy (non-hydrogen) atoms. The fourth-order valence-electron chi connectivity index (χ4n) is 4.58. The summed E-state index contributed by atoms with van der Waals surface area (Å²) in [4.78, 5) is 2.89. The molecule has 0 saturated carbocycles. The Balaban J connectivity index is 1.70. The lowest BCUT2D eigenvalue weighted by Gasteiger charge is -2.45. The monoisotopic (exact) mass is 442 g/mol. The van der Waals surface area contributed by atoms with Gasteiger partial charge in [-0.05, 0) is 74.0 Å². The van der Waals surface area contributed by atoms with Crippen molar-refractivity contribution in [1.82, 2.24) is 4.90 Å². The zero-order chi connectivity index (χ0) is 22.5. The van der Waals surface area contributed by atoms with Crippen molar-refractivity contribution in [2.45, 2.75) is 70.1 Å². The molecule has 1 N–H and O–H groups in total. The van der Waals surface area contributed by atoms with Crippen LogP contribution >= 0.6 is 0 Å². The van der Waals surface area contributed by atoms with Crippen molar-refractivity contribution < 1.29 is 8.42 Å². The molecule has 0 amide bonds. The first-order valence-corrected chi connectivity index (χ1v) is 13.2. The van der Waals surface area contributed by atoms with Crippen LogP contribution in [-0.4, -0.2) is 33.0 Å². The minimum atomic E-state index is -3.59. The molecule has 2 aromatic rings. The number of likely N-dealkylation sites (tertiary alicyclic amines) is 1. The van der Waals surface area contributed by atoms with Gasteiger partial charge in [0, 0.05) is 12.2 Å². The van der Waals surface area contributed by atoms with Crippen molar-refractivity contribution in [2.75, 3.05) is 24.4 Å². The van der Waals surface area contributed by atoms with Crippen LogP contribution in [-0.2, 0) is 15.4 Å². The summed E-state index contributed by atoms with van der Waals surface area (Å²) in [5.74, 6) is 0.511. The molecule has 0 aliphatic carbocycles. The number of hydrogen-bond donors (Lipinski definition) is 1. The lowest BCUT2D eigenvalue weighted by atomic mass is 9.68. The van der Waals surface area contributed by atoms with Gasteiger partial charge >= 0.3 is 0 Å². The summed E-state index contributed by atoms with van der Waals surface area (Å²) in [7, 11) is -3.59. The van der Waals surface area contributed by atoms with Crippen LogP contribution in [0.15, 0.2) is 53.4 Å². The normalized spacial score (nSPS) is 22.4. The van der Waals surface area contributed by atoms with E-state index in [4.69, 9.17) is 0 Å². The third-order valence-corrected chi connectivity index (χ3v) is 8.40. The standard InChI is InChI=1S/C26H38N2O2S/c1-5-6-7-8-17-28-18-16-26(4,22(3)20-28)23-10-9-11-24(19-23)27-31(29,30)25-14-12-21(2)13-15-25/h9-15,19,22,27H,5-8,16-18,20H2,1-4H3/t22-,26-/m0/s1. The number of nitrogens with zero attached hydrogens (tertiary/aromatic N) is 1. The van der Waals surface area contributed by atoms with E-state index >= 15 is 0 Å². The molecular formula is C26H38N2O2S. The lowest BCUT2D eigenvalue weighted by molar-refractivity contribution is 0.109. The number of piperidine rings is 1. The molecule has 0 unspecified atom stereocenters. The summed E-state index contributed by atoms with van der Waals surface area (Å²) in [6.45, 7) is 12.3. The Morgan fingerprint density at radius 1 is 1.10 bits per heavy atom. The summed E-state index contributed by atoms with van der Waals surface area (Å²) in [6, 6.07) is 14.9. The Bertz CT molecular complexity index is 956. The Morgan fingerprint density at radius 2 is 1.84 bits per heavy atom. The van der Waals surface area contributed by atoms with E-state index in [1.807, 2.05) is 37.3 Å². The molecule has 0 spiro atoms. The topological polar surface area (TPSA) is 49.4 Å². The maximum absolute atomic E-state index is 12.8. The van der Waals surface area contributed by atoms with Gasteiger partial charge in [0.05, 0.1) is 4.90 Å². The molecule has 2 aromatic carbocycles. The van der Waals surface area contributed by atoms with Gasteiger partial charge in [-0.3, -0.25) is 4.72 Å². The number of benzene rings is 2. The molecule has 0 aromatic heterocycles. The highest BCUT2D eigenvalue weighted by Gasteiger charge is 2.38. The Hall–Kier alpha value is -1.85. The van der Waals surface area contributed by atoms with Crippen LogP contribution in [0.2, 0.25) is 0 Å². The van der Waals surface area contributed by atoms with Crippen LogP contribution in [0.4, 0.5) is 5.69 Å². The maximum Gasteiger partial charge on any atom is 0.261 e. The molecule has 0 bridgehead atoms. The highest BCUT2D eigenvalue weighted by atomic mass is 32.2. The highest BCUT2D eigenvalue weighted by Crippen LogP contribution is 2.40. The van der Waals surface area contributed by atoms with Crippen molar-refractivity contribution in [2.24, 2.45) is 5.92 Å². The lowest BCUT2D eigenvalue weighted by Crippen LogP contribution is -2.47. The quantitative estimate of drug-likeness (QED) is 0.486. The number of unbranched alkanes of at least 4 members (excludes halogenated alkanes) is 3. The van der Waals surface area contributed by atoms with Crippen LogP contribution < -0.4 is 4.72 Å². The number of hydrogen-bond acceptors (Lipinski definition) is 3. The molecule has 4 nitrogen and oxygen atoms in total. The van der Waals surface area contributed by atoms with Crippen LogP contribution in [0.5, 0.6) is 0 Å². The average Bonchev–Trinajstić information content (AvgIpc) is 2.74. The van der Waals surface area contributed by atoms with Crippen molar-refractivity contribution in [3.05, 3.63) is 59.7 Å². The number of aryl methyl sites for hydroxylation is 1. The fourth-order valence-corrected chi connectivity index (χ4v) is 5.63. The Labute approximate surface area is 189 Å². The van der Waals surface area contributed by atoms with Crippen molar-refractivity contribution in [1.29, 1.82) is 0 Å². The summed E-state index contributed by atoms with van der Waals surface area (Å²) in [5, 5.41) is 0. The molecule has 5 heteroatoms. The van der Waals surface area contributed by atoms with E-state index in [0.29, 0.717) is 16.5 Å². The van der Waals surface area contributed by atoms with Gasteiger partial charge in [0.1, 0.15) is 0 Å². The van der Waals surface area contributed by atoms with Gasteiger partial charge in [-0.1, -0.05) is 69.9 Å². The van der Waals surface area contributed by atoms with Gasteiger partial charge < -0.3 is 4.90 Å². The third-order valence-electron chi connectivity index (χ3n) is 7.00. The SMILES string of the molecule is CCCCCCN1CC[C@](C)(c2cccc(NS(=O)(=O)c3ccc(C)cc3)c2)[C@@H](C)C1. The van der Waals surface area contributed by atoms with Gasteiger partial charge in [-0.2, -0.15) is 0 Å². The first-order valence-electron chi connectivity index (χ1n) is 11.7. The summed E-state index contributed by atoms with van der Waals surface area (Å²) in [5.41, 5.74) is 2.94. The number of sulfonamides is 1. The molecule has 170 valence electrons. The fraction of sp³-hybridized carbons (Fsp3) is 0.538. The van der Waals surface area contributed by atoms with Crippen molar-refractivity contribution in [3.63, 3.8) is 0 Å². The number of anilines is 1. The molecule has 2 atom stereocenters. The van der Waals surface area contributed by atoms with Gasteiger partial charge in [0.15, 0.2) is 0 Å². The molecule has 1 aliphatic rings. The van der Waals surface area contributed by atoms with Gasteiger partial charge in [0.25, 0.3) is 10.0 Å². The first-order chi connectivity index (χ1) is 14.7. The van der Waals surface area contributed by atoms with E-state index < -0.39 is 10.0 Å². The third kappa shape index (κ3) is 5.89. The number of rotatable bonds is 9. The van der Waals surface area contributed by atoms with Crippen molar-refractivity contribution >= 4 is 15.7 Å². The molecule has 1 saturated heterocycles. The second kappa shape index (κ2) is 10.2. The van der Waals surface area contributed by atoms with Gasteiger partial charge in [-0.25, -0.2) is 8.42 Å². The summed E-state index contributed by atoms with van der Waals surface area (Å²) in [6.07, 6.45) is 6.30. The minimum absolute atomic E-state index is 0.0469. The molecular weight excluding hydrogens is 404 g/mol. The highest BCUT2D eigenvalue weighted by molar-refractivity contribution is 7.92. The first kappa shape index (κ1) is 23.8. The second-order valence-electron chi connectivity index (χ2n) is 9.43. The van der Waals surface area contributed by atoms with E-state index in [0.717, 1.165) is 25.1 Å². The van der Waals surface area contributed by atoms with Crippen LogP contribution in [0, 0.1) is 12.8 Å². The molecule has 0 radical (unpaired) electrons. The summed E-state index contributed by atoms with van der Waals surface area (Å²) >= 11 is 0. The Morgan fingerprint density at radius 3 is 2.52 bits per heavy atom. The minimum Gasteiger partial charge on any atom is -0.303 e. The van der Waals surface area contributed by atoms with E-state index in [1.165, 1.54) is 37.8 Å². The van der Waals surface area contributed by atoms with Crippen LogP contribution in [0.3, 0.4) is 0 Å². The molecule has 1 aliphatic heterocycles.